The van der Waals surface area contributed by atoms with E-state index in [9.17, 15) is 9.59 Å². The van der Waals surface area contributed by atoms with Crippen molar-refractivity contribution in [2.75, 3.05) is 40.5 Å². The van der Waals surface area contributed by atoms with Crippen molar-refractivity contribution in [1.29, 1.82) is 0 Å². The number of para-hydroxylation sites is 2. The van der Waals surface area contributed by atoms with Gasteiger partial charge in [0.1, 0.15) is 5.75 Å². The van der Waals surface area contributed by atoms with Gasteiger partial charge in [-0.2, -0.15) is 0 Å². The van der Waals surface area contributed by atoms with E-state index < -0.39 is 0 Å². The first-order chi connectivity index (χ1) is 19.6. The molecule has 0 aliphatic rings. The van der Waals surface area contributed by atoms with Crippen molar-refractivity contribution in [2.24, 2.45) is 0 Å². The van der Waals surface area contributed by atoms with E-state index in [-0.39, 0.29) is 18.4 Å². The normalized spacial score (nSPS) is 11.1. The average molecular weight is 550 g/mol. The third kappa shape index (κ3) is 9.70. The van der Waals surface area contributed by atoms with E-state index in [0.29, 0.717) is 45.5 Å². The minimum atomic E-state index is -0.0561. The van der Waals surface area contributed by atoms with Gasteiger partial charge in [0.05, 0.1) is 13.7 Å². The number of nitrogens with one attached hydrogen (secondary N) is 1. The first kappa shape index (κ1) is 31.2. The largest absolute Gasteiger partial charge is 0.496 e. The van der Waals surface area contributed by atoms with Crippen LogP contribution >= 0.6 is 0 Å². The maximum atomic E-state index is 13.8. The van der Waals surface area contributed by atoms with Gasteiger partial charge in [0, 0.05) is 62.4 Å². The van der Waals surface area contributed by atoms with Crippen LogP contribution in [-0.4, -0.2) is 67.1 Å². The van der Waals surface area contributed by atoms with Crippen LogP contribution in [-0.2, 0) is 27.3 Å². The number of aromatic nitrogens is 1. The van der Waals surface area contributed by atoms with E-state index in [1.54, 1.807) is 19.1 Å². The molecule has 0 saturated carbocycles. The summed E-state index contributed by atoms with van der Waals surface area (Å²) in [4.78, 5) is 34.0. The molecule has 40 heavy (non-hydrogen) atoms. The molecule has 7 heteroatoms. The second kappa shape index (κ2) is 17.4. The van der Waals surface area contributed by atoms with Crippen LogP contribution in [0.4, 0.5) is 0 Å². The third-order valence-electron chi connectivity index (χ3n) is 7.43. The van der Waals surface area contributed by atoms with Gasteiger partial charge in [-0.15, -0.1) is 0 Å². The van der Waals surface area contributed by atoms with Gasteiger partial charge in [0.2, 0.25) is 11.8 Å². The van der Waals surface area contributed by atoms with Crippen molar-refractivity contribution in [3.63, 3.8) is 0 Å². The summed E-state index contributed by atoms with van der Waals surface area (Å²) < 4.78 is 10.8. The van der Waals surface area contributed by atoms with Crippen LogP contribution in [0.15, 0.2) is 54.7 Å². The molecule has 7 nitrogen and oxygen atoms in total. The van der Waals surface area contributed by atoms with Crippen molar-refractivity contribution >= 4 is 22.7 Å². The van der Waals surface area contributed by atoms with Gasteiger partial charge in [-0.25, -0.2) is 0 Å². The number of hydrogen-bond acceptors (Lipinski definition) is 4. The number of carbonyl (C=O) groups excluding carboxylic acids is 2. The summed E-state index contributed by atoms with van der Waals surface area (Å²) >= 11 is 0. The highest BCUT2D eigenvalue weighted by Gasteiger charge is 2.22. The van der Waals surface area contributed by atoms with Crippen LogP contribution in [0.3, 0.4) is 0 Å². The molecule has 0 unspecified atom stereocenters. The molecule has 2 amide bonds. The molecule has 0 spiro atoms. The maximum Gasteiger partial charge on any atom is 0.242 e. The number of fused-ring (bicyclic) bond motifs is 1. The van der Waals surface area contributed by atoms with Gasteiger partial charge in [-0.3, -0.25) is 9.59 Å². The molecule has 3 aromatic rings. The highest BCUT2D eigenvalue weighted by Crippen LogP contribution is 2.22. The zero-order valence-corrected chi connectivity index (χ0v) is 24.6. The van der Waals surface area contributed by atoms with Gasteiger partial charge < -0.3 is 24.3 Å². The zero-order chi connectivity index (χ0) is 28.6. The van der Waals surface area contributed by atoms with E-state index in [1.165, 1.54) is 30.2 Å². The standard InChI is InChI=1S/C33H47N3O4/c1-4-5-6-7-8-9-19-32(37)35(21-14-23-39-2)26-33(38)36(25-28-15-10-13-18-31(28)40-3)22-20-27-24-34-30-17-12-11-16-29(27)30/h10-13,15-18,24,34H,4-9,14,19-23,25-26H2,1-3H3. The molecule has 1 heterocycles. The Balaban J connectivity index is 1.72. The van der Waals surface area contributed by atoms with Crippen LogP contribution in [0.2, 0.25) is 0 Å². The highest BCUT2D eigenvalue weighted by molar-refractivity contribution is 5.85. The van der Waals surface area contributed by atoms with Gasteiger partial charge in [-0.05, 0) is 37.0 Å². The molecule has 3 rings (SSSR count). The Kier molecular flexibility index (Phi) is 13.6. The molecule has 1 aromatic heterocycles. The van der Waals surface area contributed by atoms with Crippen LogP contribution in [0.1, 0.15) is 69.4 Å². The first-order valence-corrected chi connectivity index (χ1v) is 14.8. The monoisotopic (exact) mass is 549 g/mol. The number of hydrogen-bond donors (Lipinski definition) is 1. The molecule has 218 valence electrons. The molecular formula is C33H47N3O4. The van der Waals surface area contributed by atoms with Crippen LogP contribution in [0.25, 0.3) is 10.9 Å². The molecular weight excluding hydrogens is 502 g/mol. The molecule has 0 fully saturated rings. The van der Waals surface area contributed by atoms with E-state index in [2.05, 4.69) is 24.0 Å². The smallest absolute Gasteiger partial charge is 0.242 e. The molecule has 0 aliphatic carbocycles. The Hall–Kier alpha value is -3.32. The number of amides is 2. The fourth-order valence-corrected chi connectivity index (χ4v) is 5.09. The second-order valence-corrected chi connectivity index (χ2v) is 10.4. The van der Waals surface area contributed by atoms with Gasteiger partial charge in [0.25, 0.3) is 0 Å². The lowest BCUT2D eigenvalue weighted by molar-refractivity contribution is -0.141. The van der Waals surface area contributed by atoms with Crippen LogP contribution < -0.4 is 4.74 Å². The minimum Gasteiger partial charge on any atom is -0.496 e. The van der Waals surface area contributed by atoms with Crippen molar-refractivity contribution in [3.05, 3.63) is 65.9 Å². The molecule has 2 aromatic carbocycles. The number of ether oxygens (including phenoxy) is 2. The van der Waals surface area contributed by atoms with E-state index in [0.717, 1.165) is 36.1 Å². The van der Waals surface area contributed by atoms with E-state index >= 15 is 0 Å². The zero-order valence-electron chi connectivity index (χ0n) is 24.6. The predicted molar refractivity (Wildman–Crippen MR) is 161 cm³/mol. The summed E-state index contributed by atoms with van der Waals surface area (Å²) in [5, 5.41) is 1.17. The molecule has 0 bridgehead atoms. The number of benzene rings is 2. The molecule has 0 atom stereocenters. The predicted octanol–water partition coefficient (Wildman–Crippen LogP) is 6.36. The first-order valence-electron chi connectivity index (χ1n) is 14.8. The lowest BCUT2D eigenvalue weighted by Gasteiger charge is -2.28. The Morgan fingerprint density at radius 3 is 2.35 bits per heavy atom. The Bertz CT molecular complexity index is 1180. The molecule has 1 N–H and O–H groups in total. The topological polar surface area (TPSA) is 74.9 Å². The van der Waals surface area contributed by atoms with Gasteiger partial charge in [0.15, 0.2) is 0 Å². The molecule has 0 aliphatic heterocycles. The summed E-state index contributed by atoms with van der Waals surface area (Å²) in [6.07, 6.45) is 10.7. The van der Waals surface area contributed by atoms with Crippen molar-refractivity contribution in [3.8, 4) is 5.75 Å². The van der Waals surface area contributed by atoms with Crippen molar-refractivity contribution in [1.82, 2.24) is 14.8 Å². The number of carbonyl (C=O) groups is 2. The number of H-pyrrole nitrogens is 1. The number of aromatic amines is 1. The number of methoxy groups -OCH3 is 2. The molecule has 0 radical (unpaired) electrons. The van der Waals surface area contributed by atoms with Crippen molar-refractivity contribution < 1.29 is 19.1 Å². The van der Waals surface area contributed by atoms with Crippen LogP contribution in [0.5, 0.6) is 5.75 Å². The third-order valence-corrected chi connectivity index (χ3v) is 7.43. The number of nitrogens with zero attached hydrogens (tertiary/aromatic N) is 2. The second-order valence-electron chi connectivity index (χ2n) is 10.4. The minimum absolute atomic E-state index is 0.0498. The van der Waals surface area contributed by atoms with E-state index in [4.69, 9.17) is 9.47 Å². The average Bonchev–Trinajstić information content (AvgIpc) is 3.39. The SMILES string of the molecule is CCCCCCCCC(=O)N(CCCOC)CC(=O)N(CCc1c[nH]c2ccccc12)Cc1ccccc1OC. The van der Waals surface area contributed by atoms with Gasteiger partial charge in [-0.1, -0.05) is 75.4 Å². The number of rotatable bonds is 19. The highest BCUT2D eigenvalue weighted by atomic mass is 16.5. The lowest BCUT2D eigenvalue weighted by atomic mass is 10.1. The summed E-state index contributed by atoms with van der Waals surface area (Å²) in [7, 11) is 3.31. The lowest BCUT2D eigenvalue weighted by Crippen LogP contribution is -2.44. The van der Waals surface area contributed by atoms with E-state index in [1.807, 2.05) is 47.5 Å². The fraction of sp³-hybridized carbons (Fsp3) is 0.515. The van der Waals surface area contributed by atoms with Crippen LogP contribution in [0, 0.1) is 0 Å². The fourth-order valence-electron chi connectivity index (χ4n) is 5.09. The molecule has 0 saturated heterocycles. The number of unbranched alkanes of at least 4 members (excludes halogenated alkanes) is 5. The Morgan fingerprint density at radius 2 is 1.55 bits per heavy atom. The summed E-state index contributed by atoms with van der Waals surface area (Å²) in [6.45, 7) is 4.30. The quantitative estimate of drug-likeness (QED) is 0.177. The maximum absolute atomic E-state index is 13.8. The van der Waals surface area contributed by atoms with Crippen molar-refractivity contribution in [2.45, 2.75) is 71.3 Å². The summed E-state index contributed by atoms with van der Waals surface area (Å²) in [5.74, 6) is 0.747. The Morgan fingerprint density at radius 1 is 0.800 bits per heavy atom. The summed E-state index contributed by atoms with van der Waals surface area (Å²) in [5.41, 5.74) is 3.20. The Labute approximate surface area is 239 Å². The van der Waals surface area contributed by atoms with Gasteiger partial charge >= 0.3 is 0 Å². The summed E-state index contributed by atoms with van der Waals surface area (Å²) in [6, 6.07) is 16.0.